The molecular weight excluding hydrogens is 282 g/mol. The van der Waals surface area contributed by atoms with Gasteiger partial charge in [-0.25, -0.2) is 0 Å². The zero-order chi connectivity index (χ0) is 12.4. The summed E-state index contributed by atoms with van der Waals surface area (Å²) in [4.78, 5) is 12.2. The summed E-state index contributed by atoms with van der Waals surface area (Å²) in [6.45, 7) is 2.04. The number of rotatable bonds is 2. The lowest BCUT2D eigenvalue weighted by molar-refractivity contribution is 0.600. The van der Waals surface area contributed by atoms with Crippen LogP contribution in [0.1, 0.15) is 18.1 Å². The van der Waals surface area contributed by atoms with Crippen molar-refractivity contribution in [2.45, 2.75) is 18.2 Å². The number of nitriles is 1. The molecule has 0 saturated carbocycles. The molecule has 0 aliphatic carbocycles. The number of benzene rings is 1. The summed E-state index contributed by atoms with van der Waals surface area (Å²) >= 11 is 3.47. The van der Waals surface area contributed by atoms with Crippen LogP contribution in [0.3, 0.4) is 0 Å². The Bertz CT molecular complexity index is 652. The largest absolute Gasteiger partial charge is 0.463 e. The van der Waals surface area contributed by atoms with Gasteiger partial charge in [0.05, 0.1) is 5.39 Å². The van der Waals surface area contributed by atoms with Gasteiger partial charge in [-0.2, -0.15) is 5.26 Å². The highest BCUT2D eigenvalue weighted by Gasteiger charge is 2.08. The van der Waals surface area contributed by atoms with Crippen molar-refractivity contribution in [2.24, 2.45) is 0 Å². The van der Waals surface area contributed by atoms with Crippen molar-refractivity contribution in [3.8, 4) is 6.07 Å². The SMILES string of the molecule is CC(Br)Cc1ccc2occ(C#N)c(=O)c2c1. The molecule has 4 heteroatoms. The zero-order valence-electron chi connectivity index (χ0n) is 9.24. The molecule has 0 aliphatic heterocycles. The summed E-state index contributed by atoms with van der Waals surface area (Å²) in [6.07, 6.45) is 2.03. The van der Waals surface area contributed by atoms with E-state index >= 15 is 0 Å². The first-order chi connectivity index (χ1) is 8.11. The second kappa shape index (κ2) is 4.72. The van der Waals surface area contributed by atoms with Gasteiger partial charge in [-0.3, -0.25) is 4.79 Å². The molecule has 1 unspecified atom stereocenters. The predicted molar refractivity (Wildman–Crippen MR) is 69.3 cm³/mol. The van der Waals surface area contributed by atoms with Crippen molar-refractivity contribution in [3.63, 3.8) is 0 Å². The van der Waals surface area contributed by atoms with Crippen molar-refractivity contribution in [1.82, 2.24) is 0 Å². The number of nitrogens with zero attached hydrogens (tertiary/aromatic N) is 1. The highest BCUT2D eigenvalue weighted by Crippen LogP contribution is 2.16. The van der Waals surface area contributed by atoms with E-state index < -0.39 is 0 Å². The first-order valence-electron chi connectivity index (χ1n) is 5.20. The van der Waals surface area contributed by atoms with Crippen LogP contribution in [0.15, 0.2) is 33.7 Å². The summed E-state index contributed by atoms with van der Waals surface area (Å²) in [5, 5.41) is 9.24. The standard InChI is InChI=1S/C13H10BrNO2/c1-8(14)4-9-2-3-12-11(5-9)13(16)10(6-15)7-17-12/h2-3,5,7-8H,4H2,1H3. The van der Waals surface area contributed by atoms with Crippen LogP contribution < -0.4 is 5.43 Å². The van der Waals surface area contributed by atoms with Crippen molar-refractivity contribution in [2.75, 3.05) is 0 Å². The minimum Gasteiger partial charge on any atom is -0.463 e. The number of hydrogen-bond donors (Lipinski definition) is 0. The van der Waals surface area contributed by atoms with E-state index in [0.717, 1.165) is 12.0 Å². The van der Waals surface area contributed by atoms with Crippen molar-refractivity contribution >= 4 is 26.9 Å². The Morgan fingerprint density at radius 1 is 1.53 bits per heavy atom. The molecule has 0 amide bonds. The molecule has 0 aliphatic rings. The van der Waals surface area contributed by atoms with E-state index in [1.165, 1.54) is 6.26 Å². The van der Waals surface area contributed by atoms with Crippen LogP contribution in [0.5, 0.6) is 0 Å². The normalized spacial score (nSPS) is 12.3. The smallest absolute Gasteiger partial charge is 0.210 e. The third-order valence-corrected chi connectivity index (χ3v) is 2.80. The van der Waals surface area contributed by atoms with Crippen LogP contribution in [-0.4, -0.2) is 4.83 Å². The Labute approximate surface area is 107 Å². The first kappa shape index (κ1) is 11.9. The minimum absolute atomic E-state index is 0.0431. The maximum atomic E-state index is 11.9. The molecule has 1 heterocycles. The fourth-order valence-electron chi connectivity index (χ4n) is 1.71. The number of hydrogen-bond acceptors (Lipinski definition) is 3. The molecule has 2 rings (SSSR count). The first-order valence-corrected chi connectivity index (χ1v) is 6.12. The van der Waals surface area contributed by atoms with Gasteiger partial charge in [0.2, 0.25) is 5.43 Å². The van der Waals surface area contributed by atoms with Gasteiger partial charge in [-0.05, 0) is 24.1 Å². The van der Waals surface area contributed by atoms with Crippen LogP contribution in [0.4, 0.5) is 0 Å². The van der Waals surface area contributed by atoms with Gasteiger partial charge in [0.25, 0.3) is 0 Å². The van der Waals surface area contributed by atoms with E-state index in [2.05, 4.69) is 15.9 Å². The summed E-state index contributed by atoms with van der Waals surface area (Å²) < 4.78 is 5.24. The van der Waals surface area contributed by atoms with E-state index in [0.29, 0.717) is 15.8 Å². The summed E-state index contributed by atoms with van der Waals surface area (Å²) in [6, 6.07) is 7.32. The van der Waals surface area contributed by atoms with Gasteiger partial charge >= 0.3 is 0 Å². The summed E-state index contributed by atoms with van der Waals surface area (Å²) in [5.74, 6) is 0. The summed E-state index contributed by atoms with van der Waals surface area (Å²) in [7, 11) is 0. The molecule has 0 spiro atoms. The average molecular weight is 292 g/mol. The topological polar surface area (TPSA) is 54.0 Å². The third kappa shape index (κ3) is 2.40. The summed E-state index contributed by atoms with van der Waals surface area (Å²) in [5.41, 5.74) is 1.34. The van der Waals surface area contributed by atoms with Crippen LogP contribution in [0.25, 0.3) is 11.0 Å². The van der Waals surface area contributed by atoms with Gasteiger partial charge in [0.1, 0.15) is 23.5 Å². The fourth-order valence-corrected chi connectivity index (χ4v) is 2.08. The number of alkyl halides is 1. The maximum absolute atomic E-state index is 11.9. The van der Waals surface area contributed by atoms with Crippen LogP contribution >= 0.6 is 15.9 Å². The predicted octanol–water partition coefficient (Wildman–Crippen LogP) is 2.99. The van der Waals surface area contributed by atoms with Gasteiger partial charge in [-0.1, -0.05) is 28.9 Å². The van der Waals surface area contributed by atoms with Crippen LogP contribution in [-0.2, 0) is 6.42 Å². The Hall–Kier alpha value is -1.60. The van der Waals surface area contributed by atoms with Gasteiger partial charge in [0.15, 0.2) is 0 Å². The van der Waals surface area contributed by atoms with Crippen LogP contribution in [0, 0.1) is 11.3 Å². The quantitative estimate of drug-likeness (QED) is 0.799. The molecule has 0 bridgehead atoms. The van der Waals surface area contributed by atoms with Gasteiger partial charge < -0.3 is 4.42 Å². The van der Waals surface area contributed by atoms with E-state index in [1.54, 1.807) is 12.1 Å². The van der Waals surface area contributed by atoms with E-state index in [4.69, 9.17) is 9.68 Å². The van der Waals surface area contributed by atoms with Gasteiger partial charge in [0, 0.05) is 4.83 Å². The molecule has 2 aromatic rings. The maximum Gasteiger partial charge on any atom is 0.210 e. The second-order valence-corrected chi connectivity index (χ2v) is 5.47. The second-order valence-electron chi connectivity index (χ2n) is 3.91. The molecule has 0 radical (unpaired) electrons. The lowest BCUT2D eigenvalue weighted by Crippen LogP contribution is -2.06. The molecule has 3 nitrogen and oxygen atoms in total. The molecule has 0 saturated heterocycles. The van der Waals surface area contributed by atoms with E-state index in [1.807, 2.05) is 19.1 Å². The number of fused-ring (bicyclic) bond motifs is 1. The van der Waals surface area contributed by atoms with Crippen LogP contribution in [0.2, 0.25) is 0 Å². The van der Waals surface area contributed by atoms with E-state index in [-0.39, 0.29) is 11.0 Å². The Morgan fingerprint density at radius 3 is 2.94 bits per heavy atom. The molecule has 1 aromatic carbocycles. The lowest BCUT2D eigenvalue weighted by Gasteiger charge is -2.04. The fraction of sp³-hybridized carbons (Fsp3) is 0.231. The molecular formula is C13H10BrNO2. The highest BCUT2D eigenvalue weighted by molar-refractivity contribution is 9.09. The molecule has 0 N–H and O–H groups in total. The van der Waals surface area contributed by atoms with Gasteiger partial charge in [-0.15, -0.1) is 0 Å². The third-order valence-electron chi connectivity index (χ3n) is 2.47. The molecule has 86 valence electrons. The number of halogens is 1. The Kier molecular flexibility index (Phi) is 3.30. The monoisotopic (exact) mass is 291 g/mol. The molecule has 1 aromatic heterocycles. The Morgan fingerprint density at radius 2 is 2.29 bits per heavy atom. The zero-order valence-corrected chi connectivity index (χ0v) is 10.8. The lowest BCUT2D eigenvalue weighted by atomic mass is 10.1. The van der Waals surface area contributed by atoms with Crippen molar-refractivity contribution in [3.05, 3.63) is 45.8 Å². The Balaban J connectivity index is 2.63. The average Bonchev–Trinajstić information content (AvgIpc) is 2.29. The van der Waals surface area contributed by atoms with Crippen molar-refractivity contribution in [1.29, 1.82) is 5.26 Å². The molecule has 0 fully saturated rings. The van der Waals surface area contributed by atoms with E-state index in [9.17, 15) is 4.79 Å². The highest BCUT2D eigenvalue weighted by atomic mass is 79.9. The molecule has 1 atom stereocenters. The van der Waals surface area contributed by atoms with Crippen molar-refractivity contribution < 1.29 is 4.42 Å². The molecule has 17 heavy (non-hydrogen) atoms. The minimum atomic E-state index is -0.266.